The number of aliphatic carboxylic acids is 1. The van der Waals surface area contributed by atoms with Crippen LogP contribution in [0.25, 0.3) is 32.7 Å². The van der Waals surface area contributed by atoms with Crippen molar-refractivity contribution in [1.82, 2.24) is 25.4 Å². The first-order valence-electron chi connectivity index (χ1n) is 10.1. The maximum absolute atomic E-state index is 11.6. The monoisotopic (exact) mass is 533 g/mol. The number of benzene rings is 2. The minimum atomic E-state index is -5.08. The molecular formula is C23H15ClF3N5O3S. The van der Waals surface area contributed by atoms with E-state index in [0.717, 1.165) is 43.3 Å². The van der Waals surface area contributed by atoms with Gasteiger partial charge in [-0.15, -0.1) is 10.2 Å². The van der Waals surface area contributed by atoms with Crippen molar-refractivity contribution >= 4 is 39.8 Å². The van der Waals surface area contributed by atoms with Gasteiger partial charge in [0.2, 0.25) is 5.56 Å². The van der Waals surface area contributed by atoms with E-state index in [9.17, 15) is 18.0 Å². The lowest BCUT2D eigenvalue weighted by Crippen LogP contribution is -2.21. The van der Waals surface area contributed by atoms with Crippen LogP contribution >= 0.6 is 22.9 Å². The zero-order valence-corrected chi connectivity index (χ0v) is 19.6. The molecule has 0 spiro atoms. The second-order valence-corrected chi connectivity index (χ2v) is 8.80. The number of carboxylic acid groups (broad SMARTS) is 1. The SMILES string of the molecule is O=C(O)C(F)(F)F.O=c1cccc(-c2cccc(-c3nnc(Cc4ccc5[nH]ncc5c4Cl)s3)c2)[nH]1. The Morgan fingerprint density at radius 2 is 1.78 bits per heavy atom. The molecule has 5 rings (SSSR count). The van der Waals surface area contributed by atoms with Gasteiger partial charge in [-0.2, -0.15) is 18.3 Å². The van der Waals surface area contributed by atoms with Crippen molar-refractivity contribution < 1.29 is 23.1 Å². The number of carboxylic acids is 1. The fourth-order valence-corrected chi connectivity index (χ4v) is 4.34. The molecule has 0 saturated carbocycles. The Morgan fingerprint density at radius 1 is 1.06 bits per heavy atom. The zero-order chi connectivity index (χ0) is 25.9. The van der Waals surface area contributed by atoms with E-state index < -0.39 is 12.1 Å². The lowest BCUT2D eigenvalue weighted by Gasteiger charge is -2.03. The number of pyridine rings is 1. The molecule has 3 heterocycles. The van der Waals surface area contributed by atoms with Crippen LogP contribution in [0.3, 0.4) is 0 Å². The van der Waals surface area contributed by atoms with E-state index in [0.29, 0.717) is 11.4 Å². The number of carbonyl (C=O) groups is 1. The van der Waals surface area contributed by atoms with Crippen molar-refractivity contribution in [3.05, 3.63) is 86.7 Å². The van der Waals surface area contributed by atoms with Crippen LogP contribution in [-0.4, -0.2) is 42.6 Å². The second-order valence-electron chi connectivity index (χ2n) is 7.36. The number of nitrogens with one attached hydrogen (secondary N) is 2. The van der Waals surface area contributed by atoms with Gasteiger partial charge in [-0.3, -0.25) is 9.89 Å². The molecule has 184 valence electrons. The molecule has 0 fully saturated rings. The summed E-state index contributed by atoms with van der Waals surface area (Å²) in [4.78, 5) is 23.3. The van der Waals surface area contributed by atoms with E-state index in [4.69, 9.17) is 21.5 Å². The Morgan fingerprint density at radius 3 is 2.50 bits per heavy atom. The highest BCUT2D eigenvalue weighted by atomic mass is 35.5. The summed E-state index contributed by atoms with van der Waals surface area (Å²) in [5.74, 6) is -2.76. The van der Waals surface area contributed by atoms with Gasteiger partial charge in [0.15, 0.2) is 0 Å². The van der Waals surface area contributed by atoms with Gasteiger partial charge in [0, 0.05) is 29.1 Å². The van der Waals surface area contributed by atoms with E-state index in [2.05, 4.69) is 25.4 Å². The summed E-state index contributed by atoms with van der Waals surface area (Å²) < 4.78 is 31.7. The van der Waals surface area contributed by atoms with Crippen LogP contribution in [0.1, 0.15) is 10.6 Å². The second kappa shape index (κ2) is 10.3. The minimum Gasteiger partial charge on any atom is -0.475 e. The highest BCUT2D eigenvalue weighted by molar-refractivity contribution is 7.14. The Balaban J connectivity index is 0.000000384. The number of fused-ring (bicyclic) bond motifs is 1. The average Bonchev–Trinajstić information content (AvgIpc) is 3.51. The third kappa shape index (κ3) is 5.78. The van der Waals surface area contributed by atoms with Gasteiger partial charge in [0.25, 0.3) is 0 Å². The molecule has 2 aromatic carbocycles. The summed E-state index contributed by atoms with van der Waals surface area (Å²) in [5.41, 5.74) is 4.41. The summed E-state index contributed by atoms with van der Waals surface area (Å²) in [7, 11) is 0. The predicted molar refractivity (Wildman–Crippen MR) is 129 cm³/mol. The molecule has 0 atom stereocenters. The number of halogens is 4. The molecule has 8 nitrogen and oxygen atoms in total. The van der Waals surface area contributed by atoms with Crippen molar-refractivity contribution in [3.8, 4) is 21.8 Å². The van der Waals surface area contributed by atoms with Gasteiger partial charge in [-0.25, -0.2) is 4.79 Å². The van der Waals surface area contributed by atoms with Crippen molar-refractivity contribution in [3.63, 3.8) is 0 Å². The van der Waals surface area contributed by atoms with Gasteiger partial charge in [-0.05, 0) is 29.3 Å². The van der Waals surface area contributed by atoms with Crippen LogP contribution in [0.15, 0.2) is 65.6 Å². The van der Waals surface area contributed by atoms with Crippen LogP contribution in [0.4, 0.5) is 13.2 Å². The van der Waals surface area contributed by atoms with Crippen LogP contribution < -0.4 is 5.56 Å². The highest BCUT2D eigenvalue weighted by Gasteiger charge is 2.38. The number of aromatic amines is 2. The number of nitrogens with zero attached hydrogens (tertiary/aromatic N) is 3. The van der Waals surface area contributed by atoms with Crippen LogP contribution in [0.5, 0.6) is 0 Å². The summed E-state index contributed by atoms with van der Waals surface area (Å²) >= 11 is 8.05. The van der Waals surface area contributed by atoms with Gasteiger partial charge in [0.1, 0.15) is 10.0 Å². The van der Waals surface area contributed by atoms with Gasteiger partial charge in [-0.1, -0.05) is 53.3 Å². The molecule has 36 heavy (non-hydrogen) atoms. The molecule has 0 aliphatic rings. The standard InChI is InChI=1S/C21H14ClN5OS.C2HF3O2/c22-20-13(7-8-17-15(20)11-23-25-17)10-19-26-27-21(29-19)14-4-1-3-12(9-14)16-5-2-6-18(28)24-16;3-2(4,5)1(6)7/h1-9,11H,10H2,(H,23,25)(H,24,28);(H,6,7). The summed E-state index contributed by atoms with van der Waals surface area (Å²) in [6.45, 7) is 0. The fourth-order valence-electron chi connectivity index (χ4n) is 3.21. The molecule has 0 unspecified atom stereocenters. The van der Waals surface area contributed by atoms with Crippen molar-refractivity contribution in [2.24, 2.45) is 0 Å². The largest absolute Gasteiger partial charge is 0.490 e. The molecule has 0 radical (unpaired) electrons. The molecule has 3 N–H and O–H groups in total. The topological polar surface area (TPSA) is 125 Å². The molecule has 5 aromatic rings. The highest BCUT2D eigenvalue weighted by Crippen LogP contribution is 2.31. The van der Waals surface area contributed by atoms with E-state index >= 15 is 0 Å². The quantitative estimate of drug-likeness (QED) is 0.287. The van der Waals surface area contributed by atoms with E-state index in [-0.39, 0.29) is 5.56 Å². The van der Waals surface area contributed by atoms with E-state index in [1.165, 1.54) is 17.4 Å². The lowest BCUT2D eigenvalue weighted by molar-refractivity contribution is -0.192. The normalized spacial score (nSPS) is 11.2. The first-order chi connectivity index (χ1) is 17.1. The molecule has 0 saturated heterocycles. The summed E-state index contributed by atoms with van der Waals surface area (Å²) in [5, 5.41) is 26.1. The minimum absolute atomic E-state index is 0.127. The number of hydrogen-bond donors (Lipinski definition) is 3. The summed E-state index contributed by atoms with van der Waals surface area (Å²) in [6.07, 6.45) is -2.75. The maximum Gasteiger partial charge on any atom is 0.490 e. The van der Waals surface area contributed by atoms with Crippen molar-refractivity contribution in [2.45, 2.75) is 12.6 Å². The number of H-pyrrole nitrogens is 2. The Kier molecular flexibility index (Phi) is 7.17. The van der Waals surface area contributed by atoms with Crippen molar-refractivity contribution in [2.75, 3.05) is 0 Å². The smallest absolute Gasteiger partial charge is 0.475 e. The Hall–Kier alpha value is -4.03. The Bertz CT molecular complexity index is 1600. The summed E-state index contributed by atoms with van der Waals surface area (Å²) in [6, 6.07) is 16.9. The molecular weight excluding hydrogens is 519 g/mol. The zero-order valence-electron chi connectivity index (χ0n) is 18.0. The van der Waals surface area contributed by atoms with Crippen LogP contribution in [0, 0.1) is 0 Å². The van der Waals surface area contributed by atoms with Crippen LogP contribution in [-0.2, 0) is 11.2 Å². The number of alkyl halides is 3. The molecule has 0 amide bonds. The average molecular weight is 534 g/mol. The number of aromatic nitrogens is 5. The number of rotatable bonds is 4. The molecule has 0 aliphatic heterocycles. The molecule has 0 bridgehead atoms. The molecule has 0 aliphatic carbocycles. The third-order valence-electron chi connectivity index (χ3n) is 4.88. The number of hydrogen-bond acceptors (Lipinski definition) is 6. The maximum atomic E-state index is 11.6. The third-order valence-corrected chi connectivity index (χ3v) is 6.30. The fraction of sp³-hybridized carbons (Fsp3) is 0.0870. The van der Waals surface area contributed by atoms with Gasteiger partial charge < -0.3 is 10.1 Å². The first-order valence-corrected chi connectivity index (χ1v) is 11.3. The molecule has 3 aromatic heterocycles. The van der Waals surface area contributed by atoms with E-state index in [1.54, 1.807) is 12.3 Å². The first kappa shape index (κ1) is 25.1. The lowest BCUT2D eigenvalue weighted by atomic mass is 10.1. The van der Waals surface area contributed by atoms with Gasteiger partial charge >= 0.3 is 12.1 Å². The van der Waals surface area contributed by atoms with E-state index in [1.807, 2.05) is 42.5 Å². The van der Waals surface area contributed by atoms with Crippen LogP contribution in [0.2, 0.25) is 5.02 Å². The van der Waals surface area contributed by atoms with Crippen molar-refractivity contribution in [1.29, 1.82) is 0 Å². The van der Waals surface area contributed by atoms with Gasteiger partial charge in [0.05, 0.1) is 16.7 Å². The Labute approximate surface area is 209 Å². The molecule has 13 heteroatoms. The predicted octanol–water partition coefficient (Wildman–Crippen LogP) is 5.31.